The SMILES string of the molecule is CCC1CCN(c2nnc(SCC(=O)O)n2C2CC2)CC1. The lowest BCUT2D eigenvalue weighted by molar-refractivity contribution is -0.133. The Balaban J connectivity index is 1.74. The van der Waals surface area contributed by atoms with Crippen LogP contribution in [0.1, 0.15) is 45.1 Å². The van der Waals surface area contributed by atoms with E-state index in [4.69, 9.17) is 5.11 Å². The summed E-state index contributed by atoms with van der Waals surface area (Å²) in [7, 11) is 0. The van der Waals surface area contributed by atoms with Gasteiger partial charge in [0.25, 0.3) is 0 Å². The topological polar surface area (TPSA) is 71.2 Å². The second-order valence-electron chi connectivity index (χ2n) is 5.90. The van der Waals surface area contributed by atoms with E-state index in [1.165, 1.54) is 31.0 Å². The molecule has 2 aliphatic rings. The average molecular weight is 310 g/mol. The summed E-state index contributed by atoms with van der Waals surface area (Å²) >= 11 is 1.28. The van der Waals surface area contributed by atoms with Crippen LogP contribution in [0.3, 0.4) is 0 Å². The van der Waals surface area contributed by atoms with Gasteiger partial charge in [0.1, 0.15) is 0 Å². The van der Waals surface area contributed by atoms with Crippen molar-refractivity contribution in [2.24, 2.45) is 5.92 Å². The molecule has 1 aromatic rings. The zero-order valence-electron chi connectivity index (χ0n) is 12.4. The van der Waals surface area contributed by atoms with Crippen LogP contribution in [0, 0.1) is 5.92 Å². The number of carbonyl (C=O) groups is 1. The molecule has 0 bridgehead atoms. The van der Waals surface area contributed by atoms with E-state index in [9.17, 15) is 4.79 Å². The number of aliphatic carboxylic acids is 1. The molecule has 3 rings (SSSR count). The summed E-state index contributed by atoms with van der Waals surface area (Å²) in [4.78, 5) is 13.1. The van der Waals surface area contributed by atoms with Crippen molar-refractivity contribution >= 4 is 23.7 Å². The average Bonchev–Trinajstić information content (AvgIpc) is 3.25. The van der Waals surface area contributed by atoms with Crippen LogP contribution in [0.4, 0.5) is 5.95 Å². The number of hydrogen-bond acceptors (Lipinski definition) is 5. The smallest absolute Gasteiger partial charge is 0.313 e. The summed E-state index contributed by atoms with van der Waals surface area (Å²) in [5.74, 6) is 1.01. The Labute approximate surface area is 128 Å². The molecule has 0 amide bonds. The van der Waals surface area contributed by atoms with Gasteiger partial charge in [-0.15, -0.1) is 10.2 Å². The van der Waals surface area contributed by atoms with Crippen LogP contribution in [0.25, 0.3) is 0 Å². The Kier molecular flexibility index (Phi) is 4.37. The summed E-state index contributed by atoms with van der Waals surface area (Å²) in [6.45, 7) is 4.33. The fourth-order valence-electron chi connectivity index (χ4n) is 2.90. The molecule has 2 heterocycles. The third-order valence-electron chi connectivity index (χ3n) is 4.36. The van der Waals surface area contributed by atoms with Gasteiger partial charge in [0.15, 0.2) is 5.16 Å². The van der Waals surface area contributed by atoms with E-state index >= 15 is 0 Å². The Bertz CT molecular complexity index is 507. The van der Waals surface area contributed by atoms with Crippen molar-refractivity contribution in [1.82, 2.24) is 14.8 Å². The molecule has 1 aromatic heterocycles. The van der Waals surface area contributed by atoms with Gasteiger partial charge in [-0.05, 0) is 31.6 Å². The minimum atomic E-state index is -0.810. The Morgan fingerprint density at radius 2 is 2.00 bits per heavy atom. The van der Waals surface area contributed by atoms with Gasteiger partial charge in [-0.3, -0.25) is 9.36 Å². The first kappa shape index (κ1) is 14.7. The molecule has 0 unspecified atom stereocenters. The van der Waals surface area contributed by atoms with Crippen molar-refractivity contribution in [2.45, 2.75) is 50.2 Å². The Morgan fingerprint density at radius 1 is 1.29 bits per heavy atom. The molecule has 1 aliphatic heterocycles. The van der Waals surface area contributed by atoms with E-state index in [0.717, 1.165) is 43.0 Å². The van der Waals surface area contributed by atoms with Crippen molar-refractivity contribution < 1.29 is 9.90 Å². The number of carboxylic acid groups (broad SMARTS) is 1. The van der Waals surface area contributed by atoms with Gasteiger partial charge in [-0.25, -0.2) is 0 Å². The normalized spacial score (nSPS) is 20.0. The molecular formula is C14H22N4O2S. The van der Waals surface area contributed by atoms with Crippen LogP contribution < -0.4 is 4.90 Å². The quantitative estimate of drug-likeness (QED) is 0.814. The number of rotatable bonds is 6. The number of aromatic nitrogens is 3. The van der Waals surface area contributed by atoms with Crippen LogP contribution >= 0.6 is 11.8 Å². The number of carboxylic acids is 1. The first-order valence-electron chi connectivity index (χ1n) is 7.73. The maximum atomic E-state index is 10.8. The lowest BCUT2D eigenvalue weighted by Crippen LogP contribution is -2.35. The summed E-state index contributed by atoms with van der Waals surface area (Å²) in [5.41, 5.74) is 0. The molecule has 116 valence electrons. The lowest BCUT2D eigenvalue weighted by atomic mass is 9.95. The standard InChI is InChI=1S/C14H22N4O2S/c1-2-10-5-7-17(8-6-10)13-15-16-14(21-9-12(19)20)18(13)11-3-4-11/h10-11H,2-9H2,1H3,(H,19,20). The van der Waals surface area contributed by atoms with Gasteiger partial charge in [-0.1, -0.05) is 25.1 Å². The molecule has 1 aliphatic carbocycles. The lowest BCUT2D eigenvalue weighted by Gasteiger charge is -2.32. The molecule has 7 heteroatoms. The number of piperidine rings is 1. The van der Waals surface area contributed by atoms with E-state index in [-0.39, 0.29) is 5.75 Å². The van der Waals surface area contributed by atoms with E-state index in [0.29, 0.717) is 6.04 Å². The van der Waals surface area contributed by atoms with Crippen LogP contribution in [0.2, 0.25) is 0 Å². The molecule has 0 atom stereocenters. The van der Waals surface area contributed by atoms with E-state index in [1.54, 1.807) is 0 Å². The molecule has 1 saturated carbocycles. The van der Waals surface area contributed by atoms with Crippen LogP contribution in [-0.2, 0) is 4.79 Å². The zero-order valence-corrected chi connectivity index (χ0v) is 13.2. The molecular weight excluding hydrogens is 288 g/mol. The first-order chi connectivity index (χ1) is 10.2. The Hall–Kier alpha value is -1.24. The van der Waals surface area contributed by atoms with Crippen molar-refractivity contribution in [3.05, 3.63) is 0 Å². The van der Waals surface area contributed by atoms with E-state index in [1.807, 2.05) is 0 Å². The highest BCUT2D eigenvalue weighted by Crippen LogP contribution is 2.41. The number of nitrogens with zero attached hydrogens (tertiary/aromatic N) is 4. The molecule has 1 saturated heterocycles. The van der Waals surface area contributed by atoms with Gasteiger partial charge in [-0.2, -0.15) is 0 Å². The van der Waals surface area contributed by atoms with Crippen molar-refractivity contribution in [3.8, 4) is 0 Å². The summed E-state index contributed by atoms with van der Waals surface area (Å²) in [6, 6.07) is 0.468. The van der Waals surface area contributed by atoms with Gasteiger partial charge in [0.2, 0.25) is 5.95 Å². The third-order valence-corrected chi connectivity index (χ3v) is 5.29. The Morgan fingerprint density at radius 3 is 2.57 bits per heavy atom. The van der Waals surface area contributed by atoms with E-state index < -0.39 is 5.97 Å². The fourth-order valence-corrected chi connectivity index (χ4v) is 3.62. The highest BCUT2D eigenvalue weighted by Gasteiger charge is 2.32. The second kappa shape index (κ2) is 6.25. The van der Waals surface area contributed by atoms with Crippen molar-refractivity contribution in [1.29, 1.82) is 0 Å². The molecule has 2 fully saturated rings. The third kappa shape index (κ3) is 3.33. The minimum absolute atomic E-state index is 0.0444. The zero-order chi connectivity index (χ0) is 14.8. The molecule has 0 spiro atoms. The predicted molar refractivity (Wildman–Crippen MR) is 81.9 cm³/mol. The molecule has 6 nitrogen and oxygen atoms in total. The van der Waals surface area contributed by atoms with Crippen LogP contribution in [0.5, 0.6) is 0 Å². The van der Waals surface area contributed by atoms with Crippen molar-refractivity contribution in [2.75, 3.05) is 23.7 Å². The highest BCUT2D eigenvalue weighted by molar-refractivity contribution is 7.99. The van der Waals surface area contributed by atoms with Gasteiger partial charge in [0.05, 0.1) is 5.75 Å². The largest absolute Gasteiger partial charge is 0.481 e. The van der Waals surface area contributed by atoms with Crippen molar-refractivity contribution in [3.63, 3.8) is 0 Å². The van der Waals surface area contributed by atoms with Gasteiger partial charge >= 0.3 is 5.97 Å². The second-order valence-corrected chi connectivity index (χ2v) is 6.85. The summed E-state index contributed by atoms with van der Waals surface area (Å²) < 4.78 is 2.17. The summed E-state index contributed by atoms with van der Waals surface area (Å²) in [5, 5.41) is 18.2. The molecule has 1 N–H and O–H groups in total. The number of thioether (sulfide) groups is 1. The number of anilines is 1. The van der Waals surface area contributed by atoms with Crippen LogP contribution in [-0.4, -0.2) is 44.7 Å². The fraction of sp³-hybridized carbons (Fsp3) is 0.786. The maximum Gasteiger partial charge on any atom is 0.313 e. The minimum Gasteiger partial charge on any atom is -0.481 e. The molecule has 21 heavy (non-hydrogen) atoms. The van der Waals surface area contributed by atoms with Crippen LogP contribution in [0.15, 0.2) is 5.16 Å². The predicted octanol–water partition coefficient (Wildman–Crippen LogP) is 2.42. The van der Waals surface area contributed by atoms with Gasteiger partial charge in [0, 0.05) is 19.1 Å². The van der Waals surface area contributed by atoms with E-state index in [2.05, 4.69) is 26.6 Å². The first-order valence-corrected chi connectivity index (χ1v) is 8.72. The number of hydrogen-bond donors (Lipinski definition) is 1. The highest BCUT2D eigenvalue weighted by atomic mass is 32.2. The summed E-state index contributed by atoms with van der Waals surface area (Å²) in [6.07, 6.45) is 5.98. The monoisotopic (exact) mass is 310 g/mol. The maximum absolute atomic E-state index is 10.8. The molecule has 0 aromatic carbocycles. The molecule has 0 radical (unpaired) electrons. The van der Waals surface area contributed by atoms with Gasteiger partial charge < -0.3 is 10.0 Å².